The maximum Gasteiger partial charge on any atom is 0.338 e. The van der Waals surface area contributed by atoms with Crippen LogP contribution in [0, 0.1) is 0 Å². The monoisotopic (exact) mass is 484 g/mol. The van der Waals surface area contributed by atoms with Crippen LogP contribution in [0.3, 0.4) is 0 Å². The first kappa shape index (κ1) is 23.9. The van der Waals surface area contributed by atoms with E-state index in [2.05, 4.69) is 15.5 Å². The van der Waals surface area contributed by atoms with E-state index < -0.39 is 12.0 Å². The Morgan fingerprint density at radius 2 is 1.88 bits per heavy atom. The summed E-state index contributed by atoms with van der Waals surface area (Å²) in [7, 11) is 0. The number of urea groups is 1. The van der Waals surface area contributed by atoms with Crippen LogP contribution >= 0.6 is 11.8 Å². The molecule has 1 saturated heterocycles. The van der Waals surface area contributed by atoms with Gasteiger partial charge in [0.15, 0.2) is 5.76 Å². The van der Waals surface area contributed by atoms with Gasteiger partial charge in [-0.25, -0.2) is 9.59 Å². The molecule has 2 aliphatic rings. The number of carbonyl (C=O) groups is 3. The molecular formula is C24H28N4O5S. The zero-order chi connectivity index (χ0) is 24.1. The van der Waals surface area contributed by atoms with Crippen LogP contribution in [0.5, 0.6) is 0 Å². The van der Waals surface area contributed by atoms with Gasteiger partial charge in [0, 0.05) is 43.3 Å². The van der Waals surface area contributed by atoms with Gasteiger partial charge in [-0.15, -0.1) is 11.8 Å². The molecule has 1 fully saturated rings. The molecule has 1 aromatic carbocycles. The molecule has 10 heteroatoms. The van der Waals surface area contributed by atoms with Crippen LogP contribution in [0.2, 0.25) is 0 Å². The number of nitrogens with zero attached hydrogens (tertiary/aromatic N) is 2. The van der Waals surface area contributed by atoms with E-state index in [0.29, 0.717) is 49.8 Å². The normalized spacial score (nSPS) is 18.9. The largest absolute Gasteiger partial charge is 0.463 e. The number of hydrogen-bond donors (Lipinski definition) is 2. The Morgan fingerprint density at radius 3 is 2.50 bits per heavy atom. The van der Waals surface area contributed by atoms with Crippen LogP contribution in [0.4, 0.5) is 4.79 Å². The molecular weight excluding hydrogens is 456 g/mol. The Kier molecular flexibility index (Phi) is 7.59. The number of furan rings is 1. The van der Waals surface area contributed by atoms with Crippen LogP contribution in [0.25, 0.3) is 0 Å². The fourth-order valence-electron chi connectivity index (χ4n) is 4.13. The second-order valence-corrected chi connectivity index (χ2v) is 8.84. The molecule has 0 saturated carbocycles. The van der Waals surface area contributed by atoms with Crippen molar-refractivity contribution in [3.8, 4) is 0 Å². The van der Waals surface area contributed by atoms with E-state index >= 15 is 0 Å². The summed E-state index contributed by atoms with van der Waals surface area (Å²) in [5, 5.41) is 5.69. The molecule has 3 heterocycles. The van der Waals surface area contributed by atoms with E-state index in [1.807, 2.05) is 30.5 Å². The maximum absolute atomic E-state index is 13.0. The molecule has 2 N–H and O–H groups in total. The lowest BCUT2D eigenvalue weighted by Crippen LogP contribution is -2.52. The Morgan fingerprint density at radius 1 is 1.15 bits per heavy atom. The highest BCUT2D eigenvalue weighted by Gasteiger charge is 2.35. The SMILES string of the molecule is CCOC(=O)C1=C(CN2CCN(C(=O)c3ccco3)CC2)NC(=O)NC1c1ccc(SC)cc1. The first-order chi connectivity index (χ1) is 16.5. The molecule has 0 spiro atoms. The topological polar surface area (TPSA) is 104 Å². The van der Waals surface area contributed by atoms with E-state index in [9.17, 15) is 14.4 Å². The highest BCUT2D eigenvalue weighted by molar-refractivity contribution is 7.98. The predicted molar refractivity (Wildman–Crippen MR) is 127 cm³/mol. The van der Waals surface area contributed by atoms with Gasteiger partial charge in [0.1, 0.15) is 0 Å². The maximum atomic E-state index is 13.0. The van der Waals surface area contributed by atoms with Gasteiger partial charge >= 0.3 is 12.0 Å². The summed E-state index contributed by atoms with van der Waals surface area (Å²) >= 11 is 1.62. The van der Waals surface area contributed by atoms with E-state index in [1.54, 1.807) is 35.7 Å². The van der Waals surface area contributed by atoms with Gasteiger partial charge in [-0.2, -0.15) is 0 Å². The van der Waals surface area contributed by atoms with E-state index in [-0.39, 0.29) is 18.5 Å². The average molecular weight is 485 g/mol. The van der Waals surface area contributed by atoms with Gasteiger partial charge in [-0.3, -0.25) is 9.69 Å². The Balaban J connectivity index is 1.53. The second-order valence-electron chi connectivity index (χ2n) is 7.96. The first-order valence-electron chi connectivity index (χ1n) is 11.2. The third-order valence-electron chi connectivity index (χ3n) is 5.87. The Bertz CT molecular complexity index is 1060. The molecule has 1 aromatic heterocycles. The number of esters is 1. The van der Waals surface area contributed by atoms with Crippen LogP contribution < -0.4 is 10.6 Å². The smallest absolute Gasteiger partial charge is 0.338 e. The van der Waals surface area contributed by atoms with E-state index in [4.69, 9.17) is 9.15 Å². The summed E-state index contributed by atoms with van der Waals surface area (Å²) < 4.78 is 10.6. The number of carbonyl (C=O) groups excluding carboxylic acids is 3. The van der Waals surface area contributed by atoms with E-state index in [1.165, 1.54) is 6.26 Å². The van der Waals surface area contributed by atoms with Crippen molar-refractivity contribution in [3.63, 3.8) is 0 Å². The molecule has 4 rings (SSSR count). The summed E-state index contributed by atoms with van der Waals surface area (Å²) in [5.74, 6) is -0.280. The van der Waals surface area contributed by atoms with Gasteiger partial charge in [0.25, 0.3) is 5.91 Å². The number of ether oxygens (including phenoxy) is 1. The van der Waals surface area contributed by atoms with Gasteiger partial charge in [-0.05, 0) is 43.0 Å². The summed E-state index contributed by atoms with van der Waals surface area (Å²) in [5.41, 5.74) is 1.72. The van der Waals surface area contributed by atoms with Crippen LogP contribution in [0.15, 0.2) is 63.2 Å². The van der Waals surface area contributed by atoms with Gasteiger partial charge in [0.2, 0.25) is 0 Å². The highest BCUT2D eigenvalue weighted by atomic mass is 32.2. The number of benzene rings is 1. The number of rotatable bonds is 7. The average Bonchev–Trinajstić information content (AvgIpc) is 3.39. The molecule has 2 aliphatic heterocycles. The Labute approximate surface area is 202 Å². The fraction of sp³-hybridized carbons (Fsp3) is 0.375. The molecule has 180 valence electrons. The lowest BCUT2D eigenvalue weighted by Gasteiger charge is -2.36. The molecule has 1 atom stereocenters. The molecule has 9 nitrogen and oxygen atoms in total. The lowest BCUT2D eigenvalue weighted by atomic mass is 9.95. The molecule has 0 bridgehead atoms. The van der Waals surface area contributed by atoms with Crippen molar-refractivity contribution >= 4 is 29.7 Å². The quantitative estimate of drug-likeness (QED) is 0.460. The zero-order valence-electron chi connectivity index (χ0n) is 19.2. The molecule has 34 heavy (non-hydrogen) atoms. The molecule has 1 unspecified atom stereocenters. The number of nitrogens with one attached hydrogen (secondary N) is 2. The van der Waals surface area contributed by atoms with Crippen molar-refractivity contribution in [3.05, 3.63) is 65.3 Å². The minimum atomic E-state index is -0.611. The second kappa shape index (κ2) is 10.8. The molecule has 0 radical (unpaired) electrons. The summed E-state index contributed by atoms with van der Waals surface area (Å²) in [6, 6.07) is 10.1. The minimum Gasteiger partial charge on any atom is -0.463 e. The van der Waals surface area contributed by atoms with Crippen molar-refractivity contribution < 1.29 is 23.5 Å². The van der Waals surface area contributed by atoms with Crippen molar-refractivity contribution in [1.82, 2.24) is 20.4 Å². The third kappa shape index (κ3) is 5.28. The number of amides is 3. The Hall–Kier alpha value is -3.24. The lowest BCUT2D eigenvalue weighted by molar-refractivity contribution is -0.139. The zero-order valence-corrected chi connectivity index (χ0v) is 20.0. The van der Waals surface area contributed by atoms with Crippen molar-refractivity contribution in [2.75, 3.05) is 45.6 Å². The van der Waals surface area contributed by atoms with Crippen LogP contribution in [-0.4, -0.2) is 73.3 Å². The summed E-state index contributed by atoms with van der Waals surface area (Å²) in [6.45, 7) is 4.59. The standard InChI is InChI=1S/C24H28N4O5S/c1-3-32-23(30)20-18(25-24(31)26-21(20)16-6-8-17(34-2)9-7-16)15-27-10-12-28(13-11-27)22(29)19-5-4-14-33-19/h4-9,14,21H,3,10-13,15H2,1-2H3,(H2,25,26,31). The predicted octanol–water partition coefficient (Wildman–Crippen LogP) is 2.63. The van der Waals surface area contributed by atoms with Gasteiger partial charge < -0.3 is 24.7 Å². The highest BCUT2D eigenvalue weighted by Crippen LogP contribution is 2.29. The fourth-order valence-corrected chi connectivity index (χ4v) is 4.54. The van der Waals surface area contributed by atoms with Crippen molar-refractivity contribution in [2.24, 2.45) is 0 Å². The summed E-state index contributed by atoms with van der Waals surface area (Å²) in [4.78, 5) is 43.0. The number of piperazine rings is 1. The van der Waals surface area contributed by atoms with Crippen molar-refractivity contribution in [1.29, 1.82) is 0 Å². The summed E-state index contributed by atoms with van der Waals surface area (Å²) in [6.07, 6.45) is 3.48. The molecule has 2 aromatic rings. The van der Waals surface area contributed by atoms with Crippen LogP contribution in [0.1, 0.15) is 29.1 Å². The number of thioether (sulfide) groups is 1. The van der Waals surface area contributed by atoms with Crippen molar-refractivity contribution in [2.45, 2.75) is 17.9 Å². The van der Waals surface area contributed by atoms with E-state index in [0.717, 1.165) is 10.5 Å². The first-order valence-corrected chi connectivity index (χ1v) is 12.4. The third-order valence-corrected chi connectivity index (χ3v) is 6.61. The van der Waals surface area contributed by atoms with Crippen LogP contribution in [-0.2, 0) is 9.53 Å². The van der Waals surface area contributed by atoms with Gasteiger partial charge in [-0.1, -0.05) is 12.1 Å². The van der Waals surface area contributed by atoms with Gasteiger partial charge in [0.05, 0.1) is 24.5 Å². The molecule has 3 amide bonds. The number of hydrogen-bond acceptors (Lipinski definition) is 7. The minimum absolute atomic E-state index is 0.139. The molecule has 0 aliphatic carbocycles.